The molecular formula is C8H7BrN2. The lowest BCUT2D eigenvalue weighted by atomic mass is 10.2. The summed E-state index contributed by atoms with van der Waals surface area (Å²) in [6.07, 6.45) is 3.75. The Labute approximate surface area is 73.0 Å². The second-order valence-corrected chi connectivity index (χ2v) is 3.33. The molecule has 2 aromatic rings. The van der Waals surface area contributed by atoms with Gasteiger partial charge in [0.1, 0.15) is 0 Å². The highest BCUT2D eigenvalue weighted by molar-refractivity contribution is 9.10. The SMILES string of the molecule is Cc1cccn2ncc(Br)c12. The average Bonchev–Trinajstić information content (AvgIpc) is 2.34. The van der Waals surface area contributed by atoms with Crippen LogP contribution in [0.25, 0.3) is 5.52 Å². The van der Waals surface area contributed by atoms with Gasteiger partial charge in [-0.15, -0.1) is 0 Å². The fourth-order valence-corrected chi connectivity index (χ4v) is 1.76. The molecule has 0 aromatic carbocycles. The summed E-state index contributed by atoms with van der Waals surface area (Å²) in [5.41, 5.74) is 2.38. The largest absolute Gasteiger partial charge is 0.240 e. The fraction of sp³-hybridized carbons (Fsp3) is 0.125. The molecule has 0 bridgehead atoms. The topological polar surface area (TPSA) is 17.3 Å². The zero-order valence-corrected chi connectivity index (χ0v) is 7.67. The van der Waals surface area contributed by atoms with Crippen LogP contribution >= 0.6 is 15.9 Å². The summed E-state index contributed by atoms with van der Waals surface area (Å²) in [6.45, 7) is 2.07. The third-order valence-corrected chi connectivity index (χ3v) is 2.28. The van der Waals surface area contributed by atoms with E-state index >= 15 is 0 Å². The molecule has 0 spiro atoms. The molecular weight excluding hydrogens is 204 g/mol. The third kappa shape index (κ3) is 0.959. The molecule has 56 valence electrons. The number of hydrogen-bond donors (Lipinski definition) is 0. The van der Waals surface area contributed by atoms with E-state index in [0.29, 0.717) is 0 Å². The Morgan fingerprint density at radius 1 is 1.55 bits per heavy atom. The molecule has 0 saturated carbocycles. The molecule has 0 aliphatic carbocycles. The van der Waals surface area contributed by atoms with Gasteiger partial charge in [-0.2, -0.15) is 5.10 Å². The van der Waals surface area contributed by atoms with Gasteiger partial charge in [0.05, 0.1) is 16.2 Å². The zero-order chi connectivity index (χ0) is 7.84. The number of hydrogen-bond acceptors (Lipinski definition) is 1. The quantitative estimate of drug-likeness (QED) is 0.653. The molecule has 3 heteroatoms. The molecule has 11 heavy (non-hydrogen) atoms. The van der Waals surface area contributed by atoms with Gasteiger partial charge in [0.25, 0.3) is 0 Å². The highest BCUT2D eigenvalue weighted by Crippen LogP contribution is 2.19. The first kappa shape index (κ1) is 6.85. The van der Waals surface area contributed by atoms with Crippen molar-refractivity contribution in [3.05, 3.63) is 34.6 Å². The van der Waals surface area contributed by atoms with E-state index in [-0.39, 0.29) is 0 Å². The van der Waals surface area contributed by atoms with Crippen molar-refractivity contribution in [2.24, 2.45) is 0 Å². The van der Waals surface area contributed by atoms with Gasteiger partial charge in [0, 0.05) is 6.20 Å². The van der Waals surface area contributed by atoms with Crippen LogP contribution in [0.5, 0.6) is 0 Å². The number of rotatable bonds is 0. The van der Waals surface area contributed by atoms with Gasteiger partial charge in [-0.05, 0) is 34.5 Å². The molecule has 0 N–H and O–H groups in total. The van der Waals surface area contributed by atoms with Crippen LogP contribution in [-0.2, 0) is 0 Å². The summed E-state index contributed by atoms with van der Waals surface area (Å²) in [4.78, 5) is 0. The summed E-state index contributed by atoms with van der Waals surface area (Å²) in [7, 11) is 0. The minimum absolute atomic E-state index is 1.05. The Balaban J connectivity index is 2.96. The average molecular weight is 211 g/mol. The Hall–Kier alpha value is -0.830. The van der Waals surface area contributed by atoms with E-state index in [0.717, 1.165) is 9.99 Å². The molecule has 0 atom stereocenters. The zero-order valence-electron chi connectivity index (χ0n) is 6.08. The molecule has 0 amide bonds. The van der Waals surface area contributed by atoms with E-state index in [1.54, 1.807) is 0 Å². The minimum atomic E-state index is 1.05. The second-order valence-electron chi connectivity index (χ2n) is 2.48. The fourth-order valence-electron chi connectivity index (χ4n) is 1.17. The monoisotopic (exact) mass is 210 g/mol. The molecule has 0 fully saturated rings. The van der Waals surface area contributed by atoms with Gasteiger partial charge in [-0.25, -0.2) is 4.52 Å². The predicted molar refractivity (Wildman–Crippen MR) is 47.6 cm³/mol. The van der Waals surface area contributed by atoms with E-state index in [1.165, 1.54) is 5.56 Å². The van der Waals surface area contributed by atoms with Crippen molar-refractivity contribution in [2.75, 3.05) is 0 Å². The van der Waals surface area contributed by atoms with Crippen LogP contribution in [0.1, 0.15) is 5.56 Å². The highest BCUT2D eigenvalue weighted by atomic mass is 79.9. The number of halogens is 1. The van der Waals surface area contributed by atoms with Crippen LogP contribution in [0, 0.1) is 6.92 Å². The van der Waals surface area contributed by atoms with Gasteiger partial charge >= 0.3 is 0 Å². The van der Waals surface area contributed by atoms with E-state index in [2.05, 4.69) is 34.0 Å². The standard InChI is InChI=1S/C8H7BrN2/c1-6-3-2-4-11-8(6)7(9)5-10-11/h2-5H,1H3. The molecule has 0 saturated heterocycles. The summed E-state index contributed by atoms with van der Waals surface area (Å²) >= 11 is 3.43. The smallest absolute Gasteiger partial charge is 0.0832 e. The van der Waals surface area contributed by atoms with Crippen molar-refractivity contribution in [2.45, 2.75) is 6.92 Å². The van der Waals surface area contributed by atoms with Crippen LogP contribution < -0.4 is 0 Å². The lowest BCUT2D eigenvalue weighted by molar-refractivity contribution is 0.956. The number of aryl methyl sites for hydroxylation is 1. The molecule has 2 aromatic heterocycles. The normalized spacial score (nSPS) is 10.7. The van der Waals surface area contributed by atoms with Crippen LogP contribution in [0.4, 0.5) is 0 Å². The first-order valence-corrected chi connectivity index (χ1v) is 4.17. The van der Waals surface area contributed by atoms with Crippen molar-refractivity contribution >= 4 is 21.4 Å². The number of nitrogens with zero attached hydrogens (tertiary/aromatic N) is 2. The van der Waals surface area contributed by atoms with Crippen molar-refractivity contribution in [1.82, 2.24) is 9.61 Å². The van der Waals surface area contributed by atoms with Gasteiger partial charge in [-0.3, -0.25) is 0 Å². The van der Waals surface area contributed by atoms with Crippen LogP contribution in [0.3, 0.4) is 0 Å². The van der Waals surface area contributed by atoms with Crippen LogP contribution in [-0.4, -0.2) is 9.61 Å². The third-order valence-electron chi connectivity index (χ3n) is 1.70. The summed E-state index contributed by atoms with van der Waals surface area (Å²) in [5.74, 6) is 0. The van der Waals surface area contributed by atoms with Gasteiger partial charge in [0.15, 0.2) is 0 Å². The highest BCUT2D eigenvalue weighted by Gasteiger charge is 2.01. The van der Waals surface area contributed by atoms with E-state index in [4.69, 9.17) is 0 Å². The Morgan fingerprint density at radius 3 is 3.09 bits per heavy atom. The molecule has 2 nitrogen and oxygen atoms in total. The molecule has 0 aliphatic heterocycles. The lowest BCUT2D eigenvalue weighted by Crippen LogP contribution is -1.86. The molecule has 0 radical (unpaired) electrons. The number of fused-ring (bicyclic) bond motifs is 1. The Bertz CT molecular complexity index is 392. The van der Waals surface area contributed by atoms with E-state index in [1.807, 2.05) is 23.0 Å². The molecule has 2 heterocycles. The summed E-state index contributed by atoms with van der Waals surface area (Å²) in [5, 5.41) is 4.15. The van der Waals surface area contributed by atoms with Gasteiger partial charge in [0.2, 0.25) is 0 Å². The van der Waals surface area contributed by atoms with Crippen molar-refractivity contribution in [1.29, 1.82) is 0 Å². The van der Waals surface area contributed by atoms with Crippen LogP contribution in [0.15, 0.2) is 29.0 Å². The summed E-state index contributed by atoms with van der Waals surface area (Å²) in [6, 6.07) is 4.06. The minimum Gasteiger partial charge on any atom is -0.240 e. The lowest BCUT2D eigenvalue weighted by Gasteiger charge is -1.95. The van der Waals surface area contributed by atoms with Crippen molar-refractivity contribution in [3.8, 4) is 0 Å². The van der Waals surface area contributed by atoms with Crippen molar-refractivity contribution < 1.29 is 0 Å². The Morgan fingerprint density at radius 2 is 2.36 bits per heavy atom. The second kappa shape index (κ2) is 2.34. The first-order valence-electron chi connectivity index (χ1n) is 3.37. The van der Waals surface area contributed by atoms with Gasteiger partial charge < -0.3 is 0 Å². The molecule has 0 unspecified atom stereocenters. The number of aromatic nitrogens is 2. The van der Waals surface area contributed by atoms with E-state index < -0.39 is 0 Å². The molecule has 2 rings (SSSR count). The predicted octanol–water partition coefficient (Wildman–Crippen LogP) is 2.41. The Kier molecular flexibility index (Phi) is 1.46. The van der Waals surface area contributed by atoms with Crippen molar-refractivity contribution in [3.63, 3.8) is 0 Å². The van der Waals surface area contributed by atoms with Gasteiger partial charge in [-0.1, -0.05) is 6.07 Å². The van der Waals surface area contributed by atoms with Crippen LogP contribution in [0.2, 0.25) is 0 Å². The summed E-state index contributed by atoms with van der Waals surface area (Å²) < 4.78 is 2.91. The maximum absolute atomic E-state index is 4.15. The number of pyridine rings is 1. The molecule has 0 aliphatic rings. The maximum atomic E-state index is 4.15. The van der Waals surface area contributed by atoms with E-state index in [9.17, 15) is 0 Å². The first-order chi connectivity index (χ1) is 5.29. The maximum Gasteiger partial charge on any atom is 0.0832 e.